The molecule has 5 nitrogen and oxygen atoms in total. The quantitative estimate of drug-likeness (QED) is 0.943. The summed E-state index contributed by atoms with van der Waals surface area (Å²) in [5, 5.41) is 7.12. The zero-order valence-corrected chi connectivity index (χ0v) is 13.9. The average molecular weight is 312 g/mol. The summed E-state index contributed by atoms with van der Waals surface area (Å²) in [4.78, 5) is 18.7. The van der Waals surface area contributed by atoms with Crippen LogP contribution < -0.4 is 0 Å². The van der Waals surface area contributed by atoms with Crippen LogP contribution in [0.15, 0.2) is 24.5 Å². The highest BCUT2D eigenvalue weighted by atomic mass is 16.2. The van der Waals surface area contributed by atoms with E-state index in [2.05, 4.69) is 21.2 Å². The van der Waals surface area contributed by atoms with E-state index >= 15 is 0 Å². The molecule has 122 valence electrons. The van der Waals surface area contributed by atoms with E-state index in [1.54, 1.807) is 0 Å². The summed E-state index contributed by atoms with van der Waals surface area (Å²) in [7, 11) is 0. The molecule has 1 saturated heterocycles. The summed E-state index contributed by atoms with van der Waals surface area (Å²) in [6, 6.07) is 4.12. The number of pyridine rings is 1. The molecule has 0 bridgehead atoms. The lowest BCUT2D eigenvalue weighted by Gasteiger charge is -2.32. The van der Waals surface area contributed by atoms with Crippen molar-refractivity contribution in [3.63, 3.8) is 0 Å². The van der Waals surface area contributed by atoms with Gasteiger partial charge in [0.2, 0.25) is 5.91 Å². The molecule has 0 unspecified atom stereocenters. The third-order valence-corrected chi connectivity index (χ3v) is 4.82. The van der Waals surface area contributed by atoms with Gasteiger partial charge in [-0.3, -0.25) is 14.9 Å². The molecular formula is C18H24N4O. The number of aromatic amines is 1. The Bertz CT molecular complexity index is 637. The van der Waals surface area contributed by atoms with Crippen LogP contribution in [0.5, 0.6) is 0 Å². The van der Waals surface area contributed by atoms with Crippen molar-refractivity contribution in [2.75, 3.05) is 13.1 Å². The second-order valence-corrected chi connectivity index (χ2v) is 6.48. The van der Waals surface area contributed by atoms with E-state index in [4.69, 9.17) is 0 Å². The van der Waals surface area contributed by atoms with E-state index in [0.717, 1.165) is 49.3 Å². The predicted octanol–water partition coefficient (Wildman–Crippen LogP) is 2.45. The van der Waals surface area contributed by atoms with Crippen molar-refractivity contribution in [3.8, 4) is 0 Å². The van der Waals surface area contributed by atoms with Crippen molar-refractivity contribution in [1.82, 2.24) is 20.1 Å². The lowest BCUT2D eigenvalue weighted by atomic mass is 9.90. The molecule has 0 aromatic carbocycles. The lowest BCUT2D eigenvalue weighted by Crippen LogP contribution is -2.39. The number of aromatic nitrogens is 3. The molecule has 0 aliphatic carbocycles. The van der Waals surface area contributed by atoms with Crippen molar-refractivity contribution < 1.29 is 4.79 Å². The average Bonchev–Trinajstić information content (AvgIpc) is 2.88. The van der Waals surface area contributed by atoms with Gasteiger partial charge in [-0.2, -0.15) is 5.10 Å². The van der Waals surface area contributed by atoms with E-state index in [1.807, 2.05) is 37.2 Å². The van der Waals surface area contributed by atoms with Gasteiger partial charge in [-0.15, -0.1) is 0 Å². The first kappa shape index (κ1) is 15.7. The van der Waals surface area contributed by atoms with Gasteiger partial charge in [0.25, 0.3) is 0 Å². The highest BCUT2D eigenvalue weighted by molar-refractivity contribution is 5.79. The van der Waals surface area contributed by atoms with Crippen LogP contribution in [-0.4, -0.2) is 39.1 Å². The minimum atomic E-state index is 0.220. The van der Waals surface area contributed by atoms with Crippen LogP contribution in [0.3, 0.4) is 0 Å². The van der Waals surface area contributed by atoms with E-state index in [1.165, 1.54) is 5.56 Å². The summed E-state index contributed by atoms with van der Waals surface area (Å²) in [5.74, 6) is 0.873. The van der Waals surface area contributed by atoms with E-state index in [-0.39, 0.29) is 5.91 Å². The Hall–Kier alpha value is -2.17. The highest BCUT2D eigenvalue weighted by Gasteiger charge is 2.24. The molecule has 0 spiro atoms. The zero-order valence-electron chi connectivity index (χ0n) is 13.9. The zero-order chi connectivity index (χ0) is 16.2. The minimum absolute atomic E-state index is 0.220. The third-order valence-electron chi connectivity index (χ3n) is 4.82. The normalized spacial score (nSPS) is 15.8. The van der Waals surface area contributed by atoms with Gasteiger partial charge in [0, 0.05) is 36.7 Å². The van der Waals surface area contributed by atoms with Crippen LogP contribution >= 0.6 is 0 Å². The molecule has 0 radical (unpaired) electrons. The number of carbonyl (C=O) groups excluding carboxylic acids is 1. The van der Waals surface area contributed by atoms with Gasteiger partial charge in [0.1, 0.15) is 0 Å². The number of H-pyrrole nitrogens is 1. The first-order valence-corrected chi connectivity index (χ1v) is 8.30. The lowest BCUT2D eigenvalue weighted by molar-refractivity contribution is -0.131. The van der Waals surface area contributed by atoms with Crippen LogP contribution in [0.2, 0.25) is 0 Å². The van der Waals surface area contributed by atoms with Crippen LogP contribution in [0.1, 0.15) is 35.4 Å². The van der Waals surface area contributed by atoms with E-state index in [0.29, 0.717) is 12.3 Å². The molecule has 2 aromatic rings. The standard InChI is InChI=1S/C18H24N4O/c1-13-17(14(2)21-20-13)11-18(23)22-8-5-15(6-9-22)10-16-4-3-7-19-12-16/h3-4,7,12,15H,5-6,8-11H2,1-2H3,(H,20,21). The highest BCUT2D eigenvalue weighted by Crippen LogP contribution is 2.22. The predicted molar refractivity (Wildman–Crippen MR) is 89.0 cm³/mol. The summed E-state index contributed by atoms with van der Waals surface area (Å²) in [6.07, 6.45) is 7.43. The molecule has 5 heteroatoms. The number of hydrogen-bond acceptors (Lipinski definition) is 3. The number of nitrogens with one attached hydrogen (secondary N) is 1. The monoisotopic (exact) mass is 312 g/mol. The molecule has 3 rings (SSSR count). The molecule has 1 aliphatic rings. The molecule has 0 atom stereocenters. The van der Waals surface area contributed by atoms with Crippen molar-refractivity contribution in [3.05, 3.63) is 47.0 Å². The number of likely N-dealkylation sites (tertiary alicyclic amines) is 1. The van der Waals surface area contributed by atoms with Crippen molar-refractivity contribution in [1.29, 1.82) is 0 Å². The molecule has 1 N–H and O–H groups in total. The number of hydrogen-bond donors (Lipinski definition) is 1. The molecule has 3 heterocycles. The summed E-state index contributed by atoms with van der Waals surface area (Å²) in [6.45, 7) is 5.65. The number of carbonyl (C=O) groups is 1. The van der Waals surface area contributed by atoms with Gasteiger partial charge < -0.3 is 4.90 Å². The molecule has 1 fully saturated rings. The fourth-order valence-electron chi connectivity index (χ4n) is 3.34. The van der Waals surface area contributed by atoms with Gasteiger partial charge >= 0.3 is 0 Å². The smallest absolute Gasteiger partial charge is 0.227 e. The Morgan fingerprint density at radius 1 is 1.35 bits per heavy atom. The summed E-state index contributed by atoms with van der Waals surface area (Å²) < 4.78 is 0. The Morgan fingerprint density at radius 3 is 2.74 bits per heavy atom. The van der Waals surface area contributed by atoms with Gasteiger partial charge in [0.05, 0.1) is 12.1 Å². The van der Waals surface area contributed by atoms with Gasteiger partial charge in [-0.25, -0.2) is 0 Å². The number of amides is 1. The van der Waals surface area contributed by atoms with Crippen LogP contribution in [0.25, 0.3) is 0 Å². The number of piperidine rings is 1. The topological polar surface area (TPSA) is 61.9 Å². The molecule has 0 saturated carbocycles. The third kappa shape index (κ3) is 3.78. The summed E-state index contributed by atoms with van der Waals surface area (Å²) >= 11 is 0. The van der Waals surface area contributed by atoms with Crippen molar-refractivity contribution in [2.45, 2.75) is 39.5 Å². The summed E-state index contributed by atoms with van der Waals surface area (Å²) in [5.41, 5.74) is 4.28. The van der Waals surface area contributed by atoms with Crippen LogP contribution in [0.4, 0.5) is 0 Å². The Balaban J connectivity index is 1.51. The fraction of sp³-hybridized carbons (Fsp3) is 0.500. The van der Waals surface area contributed by atoms with E-state index in [9.17, 15) is 4.79 Å². The SMILES string of the molecule is Cc1n[nH]c(C)c1CC(=O)N1CCC(Cc2cccnc2)CC1. The van der Waals surface area contributed by atoms with Gasteiger partial charge in [0.15, 0.2) is 0 Å². The van der Waals surface area contributed by atoms with Crippen molar-refractivity contribution in [2.24, 2.45) is 5.92 Å². The first-order valence-electron chi connectivity index (χ1n) is 8.30. The second-order valence-electron chi connectivity index (χ2n) is 6.48. The second kappa shape index (κ2) is 6.94. The molecule has 23 heavy (non-hydrogen) atoms. The molecule has 2 aromatic heterocycles. The Labute approximate surface area is 137 Å². The van der Waals surface area contributed by atoms with E-state index < -0.39 is 0 Å². The number of aryl methyl sites for hydroxylation is 2. The maximum atomic E-state index is 12.5. The van der Waals surface area contributed by atoms with Gasteiger partial charge in [-0.05, 0) is 50.7 Å². The maximum Gasteiger partial charge on any atom is 0.227 e. The van der Waals surface area contributed by atoms with Crippen molar-refractivity contribution >= 4 is 5.91 Å². The van der Waals surface area contributed by atoms with Crippen LogP contribution in [-0.2, 0) is 17.6 Å². The molecular weight excluding hydrogens is 288 g/mol. The Kier molecular flexibility index (Phi) is 4.74. The number of rotatable bonds is 4. The Morgan fingerprint density at radius 2 is 2.13 bits per heavy atom. The molecule has 1 amide bonds. The molecule has 1 aliphatic heterocycles. The number of nitrogens with zero attached hydrogens (tertiary/aromatic N) is 3. The first-order chi connectivity index (χ1) is 11.1. The largest absolute Gasteiger partial charge is 0.342 e. The van der Waals surface area contributed by atoms with Crippen LogP contribution in [0, 0.1) is 19.8 Å². The minimum Gasteiger partial charge on any atom is -0.342 e. The van der Waals surface area contributed by atoms with Gasteiger partial charge in [-0.1, -0.05) is 6.07 Å². The fourth-order valence-corrected chi connectivity index (χ4v) is 3.34. The maximum absolute atomic E-state index is 12.5.